The highest BCUT2D eigenvalue weighted by Crippen LogP contribution is 2.25. The number of guanidine groups is 3. The maximum Gasteiger partial charge on any atom is 0.304 e. The molecule has 21 nitrogen and oxygen atoms in total. The van der Waals surface area contributed by atoms with Crippen LogP contribution in [-0.2, 0) is 14.4 Å². The van der Waals surface area contributed by atoms with Crippen molar-refractivity contribution in [2.45, 2.75) is 286 Å². The van der Waals surface area contributed by atoms with E-state index < -0.39 is 23.3 Å². The molecular formula is C63H128N12O9. The Labute approximate surface area is 510 Å². The maximum atomic E-state index is 10.9. The minimum absolute atomic E-state index is 0.156. The van der Waals surface area contributed by atoms with E-state index in [9.17, 15) is 14.4 Å². The Balaban J connectivity index is 0.00000114. The van der Waals surface area contributed by atoms with Gasteiger partial charge in [-0.3, -0.25) is 44.1 Å². The molecule has 0 aromatic carbocycles. The molecule has 3 fully saturated rings. The summed E-state index contributed by atoms with van der Waals surface area (Å²) in [5.41, 5.74) is -0.667. The van der Waals surface area contributed by atoms with E-state index in [1.807, 2.05) is 6.92 Å². The maximum absolute atomic E-state index is 10.9. The van der Waals surface area contributed by atoms with E-state index >= 15 is 0 Å². The first-order chi connectivity index (χ1) is 39.9. The lowest BCUT2D eigenvalue weighted by atomic mass is 9.88. The molecule has 0 atom stereocenters. The van der Waals surface area contributed by atoms with Crippen molar-refractivity contribution < 1.29 is 45.0 Å². The van der Waals surface area contributed by atoms with Gasteiger partial charge in [-0.15, -0.1) is 0 Å². The monoisotopic (exact) mass is 1200 g/mol. The number of carbonyl (C=O) groups is 3. The van der Waals surface area contributed by atoms with Crippen LogP contribution in [-0.4, -0.2) is 214 Å². The van der Waals surface area contributed by atoms with Gasteiger partial charge < -0.3 is 62.5 Å². The van der Waals surface area contributed by atoms with Crippen molar-refractivity contribution in [3.63, 3.8) is 0 Å². The summed E-state index contributed by atoms with van der Waals surface area (Å²) in [4.78, 5) is 54.0. The van der Waals surface area contributed by atoms with E-state index in [-0.39, 0.29) is 39.1 Å². The zero-order valence-electron chi connectivity index (χ0n) is 55.3. The predicted molar refractivity (Wildman–Crippen MR) is 346 cm³/mol. The first-order valence-corrected chi connectivity index (χ1v) is 32.8. The number of carboxylic acids is 3. The Morgan fingerprint density at radius 3 is 0.762 bits per heavy atom. The summed E-state index contributed by atoms with van der Waals surface area (Å²) in [6.45, 7) is 33.6. The molecule has 3 rings (SSSR count). The molecule has 0 unspecified atom stereocenters. The molecule has 3 aliphatic carbocycles. The molecule has 494 valence electrons. The number of hydrogen-bond acceptors (Lipinski definition) is 12. The van der Waals surface area contributed by atoms with Gasteiger partial charge in [0, 0.05) is 119 Å². The number of nitrogens with one attached hydrogen (secondary N) is 6. The van der Waals surface area contributed by atoms with Crippen molar-refractivity contribution >= 4 is 35.8 Å². The average molecular weight is 1200 g/mol. The summed E-state index contributed by atoms with van der Waals surface area (Å²) >= 11 is 0. The van der Waals surface area contributed by atoms with Crippen molar-refractivity contribution in [3.8, 4) is 0 Å². The fourth-order valence-electron chi connectivity index (χ4n) is 10.4. The number of hydrogen-bond donors (Lipinski definition) is 12. The Morgan fingerprint density at radius 2 is 0.607 bits per heavy atom. The van der Waals surface area contributed by atoms with Gasteiger partial charge in [0.05, 0.1) is 39.1 Å². The first-order valence-electron chi connectivity index (χ1n) is 32.8. The third-order valence-corrected chi connectivity index (χ3v) is 15.0. The van der Waals surface area contributed by atoms with Gasteiger partial charge in [-0.2, -0.15) is 0 Å². The SMILES string of the molecule is CC(C)NC(=NCCCN(CCC(=O)O)C1CCCCC1)NC(C)C.CC(C)NC(=NCCCN(CCC(=O)O)C1CCCCC1)NC(C)C.CC(C)NC(=NCCCN(CCC(=O)O)C1CCCCC1)NC(C)C.CCC(CO)(CO)CO. The molecule has 0 saturated heterocycles. The Morgan fingerprint density at radius 1 is 0.393 bits per heavy atom. The molecule has 12 N–H and O–H groups in total. The molecule has 0 spiro atoms. The van der Waals surface area contributed by atoms with E-state index in [0.29, 0.717) is 80.4 Å². The van der Waals surface area contributed by atoms with E-state index in [4.69, 9.17) is 30.6 Å². The summed E-state index contributed by atoms with van der Waals surface area (Å²) in [6, 6.07) is 3.74. The van der Waals surface area contributed by atoms with E-state index in [0.717, 1.165) is 76.4 Å². The molecule has 3 aliphatic rings. The molecule has 0 aromatic rings. The Bertz CT molecular complexity index is 1510. The second-order valence-electron chi connectivity index (χ2n) is 25.3. The van der Waals surface area contributed by atoms with Crippen LogP contribution in [0.3, 0.4) is 0 Å². The fourth-order valence-corrected chi connectivity index (χ4v) is 10.4. The number of nitrogens with zero attached hydrogens (tertiary/aromatic N) is 6. The summed E-state index contributed by atoms with van der Waals surface area (Å²) in [5.74, 6) is 0.467. The third-order valence-electron chi connectivity index (χ3n) is 15.0. The zero-order chi connectivity index (χ0) is 63.3. The molecular weight excluding hydrogens is 1070 g/mol. The van der Waals surface area contributed by atoms with Gasteiger partial charge in [0.15, 0.2) is 17.9 Å². The molecule has 21 heteroatoms. The van der Waals surface area contributed by atoms with Gasteiger partial charge in [-0.05, 0) is 147 Å². The van der Waals surface area contributed by atoms with Crippen LogP contribution in [0.2, 0.25) is 0 Å². The van der Waals surface area contributed by atoms with Crippen LogP contribution in [0.5, 0.6) is 0 Å². The first kappa shape index (κ1) is 80.0. The van der Waals surface area contributed by atoms with Gasteiger partial charge in [0.2, 0.25) is 0 Å². The lowest BCUT2D eigenvalue weighted by Crippen LogP contribution is -2.44. The fraction of sp³-hybridized carbons (Fsp3) is 0.905. The van der Waals surface area contributed by atoms with Crippen molar-refractivity contribution in [1.29, 1.82) is 0 Å². The molecule has 0 aliphatic heterocycles. The van der Waals surface area contributed by atoms with Crippen LogP contribution in [0.15, 0.2) is 15.0 Å². The van der Waals surface area contributed by atoms with E-state index in [2.05, 4.69) is 145 Å². The zero-order valence-corrected chi connectivity index (χ0v) is 55.3. The van der Waals surface area contributed by atoms with Gasteiger partial charge in [-0.1, -0.05) is 64.7 Å². The van der Waals surface area contributed by atoms with E-state index in [1.54, 1.807) is 0 Å². The minimum Gasteiger partial charge on any atom is -0.481 e. The highest BCUT2D eigenvalue weighted by molar-refractivity contribution is 5.81. The van der Waals surface area contributed by atoms with Crippen molar-refractivity contribution in [2.24, 2.45) is 20.4 Å². The average Bonchev–Trinajstić information content (AvgIpc) is 3.48. The quantitative estimate of drug-likeness (QED) is 0.0166. The van der Waals surface area contributed by atoms with Crippen LogP contribution >= 0.6 is 0 Å². The van der Waals surface area contributed by atoms with Crippen molar-refractivity contribution in [3.05, 3.63) is 0 Å². The second-order valence-corrected chi connectivity index (χ2v) is 25.3. The van der Waals surface area contributed by atoms with Crippen LogP contribution in [0.1, 0.15) is 231 Å². The summed E-state index contributed by atoms with van der Waals surface area (Å²) < 4.78 is 0. The summed E-state index contributed by atoms with van der Waals surface area (Å²) in [7, 11) is 0. The normalized spacial score (nSPS) is 15.2. The van der Waals surface area contributed by atoms with Gasteiger partial charge in [0.1, 0.15) is 0 Å². The molecule has 0 heterocycles. The van der Waals surface area contributed by atoms with Crippen molar-refractivity contribution in [1.82, 2.24) is 46.6 Å². The number of carboxylic acid groups (broad SMARTS) is 3. The van der Waals surface area contributed by atoms with Gasteiger partial charge in [-0.25, -0.2) is 0 Å². The predicted octanol–water partition coefficient (Wildman–Crippen LogP) is 7.87. The van der Waals surface area contributed by atoms with Crippen LogP contribution in [0, 0.1) is 5.41 Å². The Hall–Kier alpha value is -4.02. The van der Waals surface area contributed by atoms with Crippen LogP contribution in [0.25, 0.3) is 0 Å². The highest BCUT2D eigenvalue weighted by Gasteiger charge is 2.26. The van der Waals surface area contributed by atoms with Crippen LogP contribution < -0.4 is 31.9 Å². The molecule has 0 radical (unpaired) electrons. The lowest BCUT2D eigenvalue weighted by Gasteiger charge is -2.34. The number of aliphatic hydroxyl groups excluding tert-OH is 3. The van der Waals surface area contributed by atoms with Gasteiger partial charge in [0.25, 0.3) is 0 Å². The number of aliphatic hydroxyl groups is 3. The van der Waals surface area contributed by atoms with Gasteiger partial charge >= 0.3 is 17.9 Å². The molecule has 3 saturated carbocycles. The van der Waals surface area contributed by atoms with Crippen LogP contribution in [0.4, 0.5) is 0 Å². The minimum atomic E-state index is -0.705. The summed E-state index contributed by atoms with van der Waals surface area (Å²) in [5, 5.41) is 73.1. The highest BCUT2D eigenvalue weighted by atomic mass is 16.4. The number of aliphatic imine (C=N–C) groups is 3. The van der Waals surface area contributed by atoms with E-state index in [1.165, 1.54) is 96.3 Å². The lowest BCUT2D eigenvalue weighted by molar-refractivity contribution is -0.138. The molecule has 84 heavy (non-hydrogen) atoms. The molecule has 0 amide bonds. The standard InChI is InChI=1S/3C19H38N4O2.C6H14O3/c3*1-15(2)21-19(22-16(3)4)20-12-8-13-23(14-11-18(24)25)17-9-6-5-7-10-17;1-2-6(3-7,4-8)5-9/h3*15-17H,5-14H2,1-4H3,(H,24,25)(H2,20,21,22);7-9H,2-5H2,1H3. The van der Waals surface area contributed by atoms with Crippen molar-refractivity contribution in [2.75, 3.05) is 78.7 Å². The largest absolute Gasteiger partial charge is 0.481 e. The summed E-state index contributed by atoms with van der Waals surface area (Å²) in [6.07, 6.45) is 23.0. The topological polar surface area (TPSA) is 292 Å². The number of rotatable bonds is 34. The second kappa shape index (κ2) is 49.0. The smallest absolute Gasteiger partial charge is 0.304 e. The number of aliphatic carboxylic acids is 3. The molecule has 0 bridgehead atoms. The molecule has 0 aromatic heterocycles. The third kappa shape index (κ3) is 42.7. The Kier molecular flexibility index (Phi) is 46.7.